The van der Waals surface area contributed by atoms with E-state index in [1.165, 1.54) is 0 Å². The van der Waals surface area contributed by atoms with Gasteiger partial charge >= 0.3 is 0 Å². The number of anilines is 1. The maximum Gasteiger partial charge on any atom is 0.169 e. The van der Waals surface area contributed by atoms with E-state index in [4.69, 9.17) is 4.74 Å². The van der Waals surface area contributed by atoms with Crippen LogP contribution in [0.25, 0.3) is 0 Å². The smallest absolute Gasteiger partial charge is 0.169 e. The number of thiazole rings is 1. The molecule has 0 radical (unpaired) electrons. The highest BCUT2D eigenvalue weighted by Gasteiger charge is 2.05. The van der Waals surface area contributed by atoms with Crippen LogP contribution in [0.5, 0.6) is 5.75 Å². The Kier molecular flexibility index (Phi) is 4.52. The van der Waals surface area contributed by atoms with Gasteiger partial charge in [0, 0.05) is 11.6 Å². The molecule has 0 aliphatic rings. The molecule has 0 aromatic carbocycles. The van der Waals surface area contributed by atoms with Crippen molar-refractivity contribution >= 4 is 17.2 Å². The van der Waals surface area contributed by atoms with Gasteiger partial charge in [0.15, 0.2) is 11.6 Å². The summed E-state index contributed by atoms with van der Waals surface area (Å²) in [5, 5.41) is 6.39. The Hall–Kier alpha value is -1.62. The van der Waals surface area contributed by atoms with E-state index in [0.29, 0.717) is 13.2 Å². The molecule has 0 aliphatic heterocycles. The molecule has 2 heterocycles. The lowest BCUT2D eigenvalue weighted by Crippen LogP contribution is -2.05. The van der Waals surface area contributed by atoms with Crippen LogP contribution in [0.15, 0.2) is 23.7 Å². The van der Waals surface area contributed by atoms with Crippen molar-refractivity contribution in [3.8, 4) is 5.75 Å². The van der Waals surface area contributed by atoms with Gasteiger partial charge in [0.2, 0.25) is 0 Å². The predicted molar refractivity (Wildman–Crippen MR) is 74.2 cm³/mol. The van der Waals surface area contributed by atoms with E-state index in [-0.39, 0.29) is 0 Å². The van der Waals surface area contributed by atoms with E-state index < -0.39 is 0 Å². The summed E-state index contributed by atoms with van der Waals surface area (Å²) < 4.78 is 5.64. The minimum Gasteiger partial charge on any atom is -0.490 e. The monoisotopic (exact) mass is 263 g/mol. The Labute approximate surface area is 111 Å². The molecule has 0 saturated carbocycles. The second kappa shape index (κ2) is 6.35. The fourth-order valence-electron chi connectivity index (χ4n) is 1.52. The van der Waals surface area contributed by atoms with Crippen molar-refractivity contribution in [1.29, 1.82) is 0 Å². The quantitative estimate of drug-likeness (QED) is 0.869. The minimum absolute atomic E-state index is 0.670. The highest BCUT2D eigenvalue weighted by molar-refractivity contribution is 7.09. The number of ether oxygens (including phenoxy) is 1. The van der Waals surface area contributed by atoms with E-state index in [2.05, 4.69) is 27.6 Å². The van der Waals surface area contributed by atoms with Crippen molar-refractivity contribution in [2.45, 2.75) is 26.8 Å². The molecule has 0 spiro atoms. The first-order valence-corrected chi connectivity index (χ1v) is 6.90. The fraction of sp³-hybridized carbons (Fsp3) is 0.385. The highest BCUT2D eigenvalue weighted by atomic mass is 32.1. The number of pyridine rings is 1. The van der Waals surface area contributed by atoms with Crippen molar-refractivity contribution in [3.63, 3.8) is 0 Å². The number of aromatic nitrogens is 2. The molecule has 5 heteroatoms. The Bertz CT molecular complexity index is 498. The van der Waals surface area contributed by atoms with E-state index in [0.717, 1.165) is 28.7 Å². The molecule has 2 aromatic rings. The zero-order valence-corrected chi connectivity index (χ0v) is 11.5. The number of nitrogens with one attached hydrogen (secondary N) is 1. The lowest BCUT2D eigenvalue weighted by atomic mass is 10.4. The number of hydrogen-bond acceptors (Lipinski definition) is 5. The first-order chi connectivity index (χ1) is 8.79. The van der Waals surface area contributed by atoms with Gasteiger partial charge in [-0.05, 0) is 25.5 Å². The summed E-state index contributed by atoms with van der Waals surface area (Å²) >= 11 is 1.65. The van der Waals surface area contributed by atoms with Gasteiger partial charge in [0.25, 0.3) is 0 Å². The van der Waals surface area contributed by atoms with Crippen LogP contribution < -0.4 is 10.1 Å². The fourth-order valence-corrected chi connectivity index (χ4v) is 2.13. The Morgan fingerprint density at radius 2 is 2.33 bits per heavy atom. The lowest BCUT2D eigenvalue weighted by Gasteiger charge is -2.10. The van der Waals surface area contributed by atoms with Gasteiger partial charge in [0.05, 0.1) is 23.9 Å². The second-order valence-corrected chi connectivity index (χ2v) is 4.97. The number of nitrogens with zero attached hydrogens (tertiary/aromatic N) is 2. The molecule has 0 fully saturated rings. The van der Waals surface area contributed by atoms with Gasteiger partial charge in [-0.25, -0.2) is 9.97 Å². The molecule has 4 nitrogen and oxygen atoms in total. The molecule has 0 amide bonds. The van der Waals surface area contributed by atoms with E-state index in [9.17, 15) is 0 Å². The molecular formula is C13H17N3OS. The number of aryl methyl sites for hydroxylation is 1. The summed E-state index contributed by atoms with van der Waals surface area (Å²) in [6.07, 6.45) is 2.74. The predicted octanol–water partition coefficient (Wildman–Crippen LogP) is 3.25. The molecule has 0 saturated heterocycles. The van der Waals surface area contributed by atoms with Crippen LogP contribution in [0.1, 0.15) is 24.0 Å². The van der Waals surface area contributed by atoms with E-state index >= 15 is 0 Å². The molecule has 0 bridgehead atoms. The lowest BCUT2D eigenvalue weighted by molar-refractivity contribution is 0.318. The zero-order chi connectivity index (χ0) is 12.8. The van der Waals surface area contributed by atoms with Gasteiger partial charge in [-0.2, -0.15) is 0 Å². The van der Waals surface area contributed by atoms with Gasteiger partial charge < -0.3 is 10.1 Å². The Morgan fingerprint density at radius 3 is 3.06 bits per heavy atom. The molecular weight excluding hydrogens is 246 g/mol. The van der Waals surface area contributed by atoms with Crippen LogP contribution in [-0.2, 0) is 6.54 Å². The Balaban J connectivity index is 1.99. The maximum atomic E-state index is 5.64. The number of hydrogen-bond donors (Lipinski definition) is 1. The molecule has 2 rings (SSSR count). The van der Waals surface area contributed by atoms with Crippen LogP contribution in [-0.4, -0.2) is 16.6 Å². The van der Waals surface area contributed by atoms with Crippen molar-refractivity contribution < 1.29 is 4.74 Å². The zero-order valence-electron chi connectivity index (χ0n) is 10.6. The third kappa shape index (κ3) is 3.43. The SMILES string of the molecule is CCCOc1cccnc1NCc1csc(C)n1. The van der Waals surface area contributed by atoms with Gasteiger partial charge in [-0.15, -0.1) is 11.3 Å². The summed E-state index contributed by atoms with van der Waals surface area (Å²) in [7, 11) is 0. The first kappa shape index (κ1) is 12.8. The minimum atomic E-state index is 0.670. The van der Waals surface area contributed by atoms with Gasteiger partial charge in [0.1, 0.15) is 0 Å². The normalized spacial score (nSPS) is 10.3. The standard InChI is InChI=1S/C13H17N3OS/c1-3-7-17-12-5-4-6-14-13(12)15-8-11-9-18-10(2)16-11/h4-6,9H,3,7-8H2,1-2H3,(H,14,15). The van der Waals surface area contributed by atoms with Crippen molar-refractivity contribution in [1.82, 2.24) is 9.97 Å². The molecule has 0 atom stereocenters. The average Bonchev–Trinajstić information content (AvgIpc) is 2.81. The summed E-state index contributed by atoms with van der Waals surface area (Å²) in [6.45, 7) is 5.46. The first-order valence-electron chi connectivity index (χ1n) is 6.02. The summed E-state index contributed by atoms with van der Waals surface area (Å²) in [4.78, 5) is 8.70. The van der Waals surface area contributed by atoms with E-state index in [1.54, 1.807) is 17.5 Å². The van der Waals surface area contributed by atoms with Crippen LogP contribution in [0.2, 0.25) is 0 Å². The van der Waals surface area contributed by atoms with Crippen molar-refractivity contribution in [2.24, 2.45) is 0 Å². The van der Waals surface area contributed by atoms with Gasteiger partial charge in [-0.1, -0.05) is 6.92 Å². The van der Waals surface area contributed by atoms with Crippen LogP contribution in [0, 0.1) is 6.92 Å². The van der Waals surface area contributed by atoms with Gasteiger partial charge in [-0.3, -0.25) is 0 Å². The second-order valence-electron chi connectivity index (χ2n) is 3.91. The molecule has 0 unspecified atom stereocenters. The van der Waals surface area contributed by atoms with Crippen molar-refractivity contribution in [3.05, 3.63) is 34.4 Å². The molecule has 1 N–H and O–H groups in total. The topological polar surface area (TPSA) is 47.0 Å². The summed E-state index contributed by atoms with van der Waals surface area (Å²) in [5.41, 5.74) is 1.03. The van der Waals surface area contributed by atoms with Crippen molar-refractivity contribution in [2.75, 3.05) is 11.9 Å². The molecule has 2 aromatic heterocycles. The average molecular weight is 263 g/mol. The maximum absolute atomic E-state index is 5.64. The third-order valence-electron chi connectivity index (χ3n) is 2.34. The molecule has 18 heavy (non-hydrogen) atoms. The molecule has 0 aliphatic carbocycles. The highest BCUT2D eigenvalue weighted by Crippen LogP contribution is 2.21. The third-order valence-corrected chi connectivity index (χ3v) is 3.16. The largest absolute Gasteiger partial charge is 0.490 e. The van der Waals surface area contributed by atoms with E-state index in [1.807, 2.05) is 19.1 Å². The van der Waals surface area contributed by atoms with Crippen LogP contribution >= 0.6 is 11.3 Å². The van der Waals surface area contributed by atoms with Crippen LogP contribution in [0.4, 0.5) is 5.82 Å². The summed E-state index contributed by atoms with van der Waals surface area (Å²) in [6, 6.07) is 3.81. The Morgan fingerprint density at radius 1 is 1.44 bits per heavy atom. The van der Waals surface area contributed by atoms with Crippen LogP contribution in [0.3, 0.4) is 0 Å². The molecule has 96 valence electrons. The number of rotatable bonds is 6. The summed E-state index contributed by atoms with van der Waals surface area (Å²) in [5.74, 6) is 1.57.